The number of hydrogen-bond donors (Lipinski definition) is 1. The molecule has 0 spiro atoms. The van der Waals surface area contributed by atoms with Gasteiger partial charge in [0.2, 0.25) is 0 Å². The van der Waals surface area contributed by atoms with Crippen LogP contribution in [0.2, 0.25) is 0 Å². The van der Waals surface area contributed by atoms with Gasteiger partial charge in [0.05, 0.1) is 5.56 Å². The van der Waals surface area contributed by atoms with Gasteiger partial charge in [-0.2, -0.15) is 0 Å². The molecule has 0 saturated heterocycles. The second kappa shape index (κ2) is 11.9. The zero-order chi connectivity index (χ0) is 23.0. The molecule has 1 heterocycles. The molecule has 0 aliphatic carbocycles. The molecule has 0 saturated carbocycles. The lowest BCUT2D eigenvalue weighted by Crippen LogP contribution is -2.37. The summed E-state index contributed by atoms with van der Waals surface area (Å²) in [6.45, 7) is 13.4. The predicted molar refractivity (Wildman–Crippen MR) is 130 cm³/mol. The molecule has 0 bridgehead atoms. The Bertz CT molecular complexity index is 709. The number of aromatic hydroxyl groups is 1. The molecule has 0 amide bonds. The van der Waals surface area contributed by atoms with Crippen LogP contribution in [0.1, 0.15) is 120 Å². The summed E-state index contributed by atoms with van der Waals surface area (Å²) in [5, 5.41) is 10.1. The third-order valence-electron chi connectivity index (χ3n) is 7.30. The van der Waals surface area contributed by atoms with Crippen LogP contribution in [0.5, 0.6) is 11.5 Å². The number of carbonyl (C=O) groups is 1. The zero-order valence-corrected chi connectivity index (χ0v) is 20.9. The van der Waals surface area contributed by atoms with Crippen LogP contribution >= 0.6 is 0 Å². The molecule has 3 atom stereocenters. The normalized spacial score (nSPS) is 20.2. The van der Waals surface area contributed by atoms with Gasteiger partial charge in [0.15, 0.2) is 6.29 Å². The van der Waals surface area contributed by atoms with Crippen molar-refractivity contribution in [1.29, 1.82) is 0 Å². The van der Waals surface area contributed by atoms with E-state index in [0.717, 1.165) is 55.3 Å². The van der Waals surface area contributed by atoms with Crippen LogP contribution in [-0.2, 0) is 6.42 Å². The molecule has 0 radical (unpaired) electrons. The minimum absolute atomic E-state index is 0.191. The van der Waals surface area contributed by atoms with Gasteiger partial charge in [-0.25, -0.2) is 0 Å². The molecule has 31 heavy (non-hydrogen) atoms. The van der Waals surface area contributed by atoms with Crippen molar-refractivity contribution in [3.05, 3.63) is 22.8 Å². The molecule has 3 unspecified atom stereocenters. The number of phenolic OH excluding ortho intramolecular Hbond substituents is 1. The number of hydrogen-bond acceptors (Lipinski definition) is 3. The first-order valence-corrected chi connectivity index (χ1v) is 12.6. The molecule has 1 aromatic rings. The maximum absolute atomic E-state index is 11.6. The monoisotopic (exact) mass is 430 g/mol. The molecule has 2 rings (SSSR count). The smallest absolute Gasteiger partial charge is 0.154 e. The maximum Gasteiger partial charge on any atom is 0.154 e. The van der Waals surface area contributed by atoms with Gasteiger partial charge in [0, 0.05) is 5.56 Å². The Morgan fingerprint density at radius 3 is 2.19 bits per heavy atom. The van der Waals surface area contributed by atoms with Crippen molar-refractivity contribution >= 4 is 6.29 Å². The molecular formula is C28H46O3. The lowest BCUT2D eigenvalue weighted by molar-refractivity contribution is 0.0512. The minimum atomic E-state index is -0.223. The molecule has 0 aromatic heterocycles. The van der Waals surface area contributed by atoms with E-state index < -0.39 is 0 Å². The van der Waals surface area contributed by atoms with Crippen molar-refractivity contribution in [1.82, 2.24) is 0 Å². The average Bonchev–Trinajstić information content (AvgIpc) is 2.69. The van der Waals surface area contributed by atoms with Crippen molar-refractivity contribution in [2.45, 2.75) is 118 Å². The van der Waals surface area contributed by atoms with Gasteiger partial charge in [-0.15, -0.1) is 0 Å². The van der Waals surface area contributed by atoms with E-state index >= 15 is 0 Å². The molecule has 1 N–H and O–H groups in total. The Hall–Kier alpha value is -1.51. The molecule has 1 aliphatic heterocycles. The number of aldehydes is 1. The Morgan fingerprint density at radius 1 is 1.03 bits per heavy atom. The summed E-state index contributed by atoms with van der Waals surface area (Å²) in [5.41, 5.74) is 1.86. The van der Waals surface area contributed by atoms with Gasteiger partial charge >= 0.3 is 0 Å². The van der Waals surface area contributed by atoms with Crippen LogP contribution in [0.4, 0.5) is 0 Å². The Morgan fingerprint density at radius 2 is 1.61 bits per heavy atom. The Kier molecular flexibility index (Phi) is 9.90. The van der Waals surface area contributed by atoms with Crippen LogP contribution in [-0.4, -0.2) is 17.0 Å². The number of rotatable bonds is 13. The highest BCUT2D eigenvalue weighted by Gasteiger charge is 2.33. The van der Waals surface area contributed by atoms with Gasteiger partial charge < -0.3 is 9.84 Å². The van der Waals surface area contributed by atoms with Gasteiger partial charge in [0.1, 0.15) is 17.1 Å². The van der Waals surface area contributed by atoms with Gasteiger partial charge in [-0.3, -0.25) is 4.79 Å². The van der Waals surface area contributed by atoms with E-state index in [1.807, 2.05) is 0 Å². The molecule has 1 aromatic carbocycles. The number of ether oxygens (including phenoxy) is 1. The third kappa shape index (κ3) is 7.84. The van der Waals surface area contributed by atoms with Crippen LogP contribution in [0.15, 0.2) is 6.07 Å². The third-order valence-corrected chi connectivity index (χ3v) is 7.30. The summed E-state index contributed by atoms with van der Waals surface area (Å²) >= 11 is 0. The summed E-state index contributed by atoms with van der Waals surface area (Å²) in [5.74, 6) is 3.33. The van der Waals surface area contributed by atoms with Crippen molar-refractivity contribution in [3.8, 4) is 11.5 Å². The summed E-state index contributed by atoms with van der Waals surface area (Å²) in [6.07, 6.45) is 14.2. The fourth-order valence-corrected chi connectivity index (χ4v) is 4.94. The standard InChI is InChI=1S/C28H46O3/c1-20(2)10-7-11-21(3)12-8-13-22(4)14-9-16-28(6)17-15-24-18-26(30)23(5)25(19-29)27(24)31-28/h18-22,30H,7-17H2,1-6H3. The van der Waals surface area contributed by atoms with E-state index in [1.165, 1.54) is 44.9 Å². The van der Waals surface area contributed by atoms with E-state index in [2.05, 4.69) is 34.6 Å². The maximum atomic E-state index is 11.6. The lowest BCUT2D eigenvalue weighted by Gasteiger charge is -2.37. The van der Waals surface area contributed by atoms with Crippen molar-refractivity contribution < 1.29 is 14.6 Å². The first-order valence-electron chi connectivity index (χ1n) is 12.6. The van der Waals surface area contributed by atoms with Crippen LogP contribution in [0.3, 0.4) is 0 Å². The molecule has 176 valence electrons. The number of benzene rings is 1. The van der Waals surface area contributed by atoms with Crippen molar-refractivity contribution in [3.63, 3.8) is 0 Å². The summed E-state index contributed by atoms with van der Waals surface area (Å²) in [7, 11) is 0. The number of carbonyl (C=O) groups excluding carboxylic acids is 1. The van der Waals surface area contributed by atoms with E-state index in [-0.39, 0.29) is 11.4 Å². The number of fused-ring (bicyclic) bond motifs is 1. The Balaban J connectivity index is 1.74. The minimum Gasteiger partial charge on any atom is -0.508 e. The van der Waals surface area contributed by atoms with E-state index in [0.29, 0.717) is 16.9 Å². The number of aryl methyl sites for hydroxylation is 1. The fourth-order valence-electron chi connectivity index (χ4n) is 4.94. The average molecular weight is 431 g/mol. The largest absolute Gasteiger partial charge is 0.508 e. The van der Waals surface area contributed by atoms with Crippen molar-refractivity contribution in [2.75, 3.05) is 0 Å². The highest BCUT2D eigenvalue weighted by molar-refractivity contribution is 5.84. The zero-order valence-electron chi connectivity index (χ0n) is 20.9. The Labute approximate surface area is 191 Å². The molecule has 3 nitrogen and oxygen atoms in total. The van der Waals surface area contributed by atoms with Crippen molar-refractivity contribution in [2.24, 2.45) is 17.8 Å². The SMILES string of the molecule is Cc1c(O)cc2c(c1C=O)OC(C)(CCCC(C)CCCC(C)CCCC(C)C)CC2. The second-order valence-corrected chi connectivity index (χ2v) is 11.0. The highest BCUT2D eigenvalue weighted by atomic mass is 16.5. The first kappa shape index (κ1) is 25.7. The highest BCUT2D eigenvalue weighted by Crippen LogP contribution is 2.41. The van der Waals surface area contributed by atoms with E-state index in [9.17, 15) is 9.90 Å². The van der Waals surface area contributed by atoms with Crippen LogP contribution in [0, 0.1) is 24.7 Å². The topological polar surface area (TPSA) is 46.5 Å². The first-order chi connectivity index (χ1) is 14.6. The summed E-state index contributed by atoms with van der Waals surface area (Å²) < 4.78 is 6.38. The quantitative estimate of drug-likeness (QED) is 0.322. The molecule has 1 aliphatic rings. The summed E-state index contributed by atoms with van der Waals surface area (Å²) in [4.78, 5) is 11.6. The second-order valence-electron chi connectivity index (χ2n) is 11.0. The van der Waals surface area contributed by atoms with Crippen LogP contribution in [0.25, 0.3) is 0 Å². The van der Waals surface area contributed by atoms with E-state index in [4.69, 9.17) is 4.74 Å². The van der Waals surface area contributed by atoms with E-state index in [1.54, 1.807) is 13.0 Å². The lowest BCUT2D eigenvalue weighted by atomic mass is 9.85. The van der Waals surface area contributed by atoms with Crippen LogP contribution < -0.4 is 4.74 Å². The van der Waals surface area contributed by atoms with Gasteiger partial charge in [0.25, 0.3) is 0 Å². The molecule has 0 fully saturated rings. The fraction of sp³-hybridized carbons (Fsp3) is 0.750. The van der Waals surface area contributed by atoms with Gasteiger partial charge in [-0.1, -0.05) is 72.6 Å². The summed E-state index contributed by atoms with van der Waals surface area (Å²) in [6, 6.07) is 1.77. The van der Waals surface area contributed by atoms with Gasteiger partial charge in [-0.05, 0) is 68.9 Å². The molecular weight excluding hydrogens is 384 g/mol. The molecule has 3 heteroatoms. The number of phenols is 1. The predicted octanol–water partition coefficient (Wildman–Crippen LogP) is 8.04.